The minimum atomic E-state index is -2.31. The Bertz CT molecular complexity index is 1230. The van der Waals surface area contributed by atoms with Crippen LogP contribution in [0.4, 0.5) is 5.82 Å². The maximum atomic E-state index is 12.3. The Morgan fingerprint density at radius 3 is 2.14 bits per heavy atom. The van der Waals surface area contributed by atoms with Crippen molar-refractivity contribution in [2.24, 2.45) is 5.73 Å². The third-order valence-corrected chi connectivity index (χ3v) is 8.02. The highest BCUT2D eigenvalue weighted by molar-refractivity contribution is 6.08. The second-order valence-electron chi connectivity index (χ2n) is 11.7. The van der Waals surface area contributed by atoms with Crippen LogP contribution in [0, 0.1) is 6.92 Å². The Morgan fingerprint density at radius 1 is 0.955 bits per heavy atom. The van der Waals surface area contributed by atoms with Crippen molar-refractivity contribution in [1.82, 2.24) is 14.5 Å². The lowest BCUT2D eigenvalue weighted by Crippen LogP contribution is -2.34. The molecule has 4 atom stereocenters. The fraction of sp³-hybridized carbons (Fsp3) is 0.750. The highest BCUT2D eigenvalue weighted by Crippen LogP contribution is 2.35. The molecule has 44 heavy (non-hydrogen) atoms. The van der Waals surface area contributed by atoms with E-state index in [4.69, 9.17) is 27.0 Å². The summed E-state index contributed by atoms with van der Waals surface area (Å²) in [4.78, 5) is 32.6. The molecule has 248 valence electrons. The standard InChI is InChI=1S/C32H53N5O7/c1-3-4-5-6-7-8-9-10-11-12-13-14-15-16-18-42-19-17-25(38)43-21-24-27(39)28(40)32(44-24)37-20-23(30(34)41)26-29(33)35-22(2)36-31(26)37/h20,24,27-28,32,39-40H,3-19,21H2,1-2H3,(H2,34,41)(H2,33,35,36)/i32D. The highest BCUT2D eigenvalue weighted by atomic mass is 16.6. The molecule has 2 aromatic heterocycles. The van der Waals surface area contributed by atoms with Crippen LogP contribution in [-0.4, -0.2) is 74.8 Å². The van der Waals surface area contributed by atoms with E-state index in [0.29, 0.717) is 6.61 Å². The third kappa shape index (κ3) is 10.7. The van der Waals surface area contributed by atoms with Crippen molar-refractivity contribution < 1.29 is 35.4 Å². The molecule has 3 rings (SSSR count). The van der Waals surface area contributed by atoms with Crippen molar-refractivity contribution in [2.75, 3.05) is 25.6 Å². The van der Waals surface area contributed by atoms with E-state index >= 15 is 0 Å². The molecule has 0 spiro atoms. The molecule has 12 heteroatoms. The van der Waals surface area contributed by atoms with Crippen LogP contribution in [0.2, 0.25) is 0 Å². The van der Waals surface area contributed by atoms with Gasteiger partial charge in [-0.05, 0) is 13.3 Å². The predicted octanol–water partition coefficient (Wildman–Crippen LogP) is 4.47. The second kappa shape index (κ2) is 18.9. The van der Waals surface area contributed by atoms with Crippen LogP contribution < -0.4 is 11.5 Å². The summed E-state index contributed by atoms with van der Waals surface area (Å²) in [7, 11) is 0. The fourth-order valence-electron chi connectivity index (χ4n) is 5.50. The highest BCUT2D eigenvalue weighted by Gasteiger charge is 2.45. The van der Waals surface area contributed by atoms with Gasteiger partial charge in [0.2, 0.25) is 0 Å². The van der Waals surface area contributed by atoms with E-state index in [-0.39, 0.29) is 41.3 Å². The summed E-state index contributed by atoms with van der Waals surface area (Å²) in [5.41, 5.74) is 11.4. The van der Waals surface area contributed by atoms with Gasteiger partial charge in [0.25, 0.3) is 5.91 Å². The first-order chi connectivity index (χ1) is 21.6. The van der Waals surface area contributed by atoms with Gasteiger partial charge < -0.3 is 40.5 Å². The first-order valence-electron chi connectivity index (χ1n) is 16.8. The van der Waals surface area contributed by atoms with Gasteiger partial charge in [-0.1, -0.05) is 90.4 Å². The number of aryl methyl sites for hydroxylation is 1. The van der Waals surface area contributed by atoms with E-state index in [1.54, 1.807) is 6.92 Å². The van der Waals surface area contributed by atoms with Gasteiger partial charge in [0, 0.05) is 12.8 Å². The zero-order chi connectivity index (χ0) is 32.8. The molecule has 0 saturated carbocycles. The largest absolute Gasteiger partial charge is 0.463 e. The second-order valence-corrected chi connectivity index (χ2v) is 11.7. The number of aliphatic hydroxyl groups is 2. The first-order valence-corrected chi connectivity index (χ1v) is 16.3. The number of unbranched alkanes of at least 4 members (excludes halogenated alkanes) is 13. The van der Waals surface area contributed by atoms with Crippen LogP contribution in [0.5, 0.6) is 0 Å². The first kappa shape index (κ1) is 34.1. The molecule has 4 unspecified atom stereocenters. The quantitative estimate of drug-likeness (QED) is 0.108. The molecule has 2 aromatic rings. The van der Waals surface area contributed by atoms with Crippen molar-refractivity contribution in [2.45, 2.75) is 135 Å². The molecule has 1 saturated heterocycles. The number of esters is 1. The van der Waals surface area contributed by atoms with E-state index in [1.165, 1.54) is 83.2 Å². The molecule has 0 aromatic carbocycles. The molecule has 1 amide bonds. The van der Waals surface area contributed by atoms with Gasteiger partial charge in [0.05, 0.1) is 25.3 Å². The number of rotatable bonds is 22. The van der Waals surface area contributed by atoms with Gasteiger partial charge in [-0.25, -0.2) is 9.97 Å². The number of ether oxygens (including phenoxy) is 3. The number of nitrogens with two attached hydrogens (primary N) is 2. The van der Waals surface area contributed by atoms with Gasteiger partial charge in [-0.3, -0.25) is 9.59 Å². The molecule has 1 fully saturated rings. The van der Waals surface area contributed by atoms with Gasteiger partial charge >= 0.3 is 5.97 Å². The number of fused-ring (bicyclic) bond motifs is 1. The number of nitrogen functional groups attached to an aromatic ring is 1. The van der Waals surface area contributed by atoms with Crippen LogP contribution in [0.25, 0.3) is 11.0 Å². The van der Waals surface area contributed by atoms with Crippen molar-refractivity contribution in [1.29, 1.82) is 0 Å². The van der Waals surface area contributed by atoms with Crippen LogP contribution in [0.1, 0.15) is 127 Å². The van der Waals surface area contributed by atoms with Crippen molar-refractivity contribution in [3.63, 3.8) is 0 Å². The Balaban J connectivity index is 1.31. The summed E-state index contributed by atoms with van der Waals surface area (Å²) in [5.74, 6) is -1.17. The fourth-order valence-corrected chi connectivity index (χ4v) is 5.50. The van der Waals surface area contributed by atoms with Gasteiger partial charge in [-0.15, -0.1) is 0 Å². The average Bonchev–Trinajstić information content (AvgIpc) is 3.50. The van der Waals surface area contributed by atoms with Crippen LogP contribution >= 0.6 is 0 Å². The summed E-state index contributed by atoms with van der Waals surface area (Å²) in [6.07, 6.45) is 12.3. The Morgan fingerprint density at radius 2 is 1.55 bits per heavy atom. The topological polar surface area (TPSA) is 185 Å². The number of nitrogens with zero attached hydrogens (tertiary/aromatic N) is 3. The zero-order valence-corrected chi connectivity index (χ0v) is 26.5. The molecule has 3 heterocycles. The Hall–Kier alpha value is -2.80. The van der Waals surface area contributed by atoms with Crippen LogP contribution in [0.3, 0.4) is 0 Å². The number of hydrogen-bond donors (Lipinski definition) is 4. The number of carbonyl (C=O) groups excluding carboxylic acids is 2. The molecule has 12 nitrogen and oxygen atoms in total. The van der Waals surface area contributed by atoms with Crippen LogP contribution in [-0.2, 0) is 19.0 Å². The molecular formula is C32H53N5O7. The van der Waals surface area contributed by atoms with E-state index in [2.05, 4.69) is 16.9 Å². The van der Waals surface area contributed by atoms with Crippen molar-refractivity contribution >= 4 is 28.7 Å². The lowest BCUT2D eigenvalue weighted by atomic mass is 10.0. The van der Waals surface area contributed by atoms with E-state index in [1.807, 2.05) is 0 Å². The molecular weight excluding hydrogens is 566 g/mol. The zero-order valence-electron chi connectivity index (χ0n) is 27.5. The lowest BCUT2D eigenvalue weighted by Gasteiger charge is -2.17. The Labute approximate surface area is 262 Å². The smallest absolute Gasteiger partial charge is 0.308 e. The number of carbonyl (C=O) groups is 2. The van der Waals surface area contributed by atoms with Gasteiger partial charge in [-0.2, -0.15) is 0 Å². The van der Waals surface area contributed by atoms with E-state index in [0.717, 1.165) is 17.4 Å². The monoisotopic (exact) mass is 620 g/mol. The average molecular weight is 621 g/mol. The van der Waals surface area contributed by atoms with Gasteiger partial charge in [0.1, 0.15) is 42.2 Å². The number of aromatic nitrogens is 3. The molecule has 6 N–H and O–H groups in total. The van der Waals surface area contributed by atoms with Crippen molar-refractivity contribution in [3.8, 4) is 0 Å². The molecule has 0 aliphatic carbocycles. The normalized spacial score (nSPS) is 22.0. The number of hydrogen-bond acceptors (Lipinski definition) is 10. The van der Waals surface area contributed by atoms with Crippen LogP contribution in [0.15, 0.2) is 6.20 Å². The molecule has 1 aliphatic rings. The number of amides is 1. The Kier molecular flexibility index (Phi) is 14.6. The maximum absolute atomic E-state index is 12.3. The summed E-state index contributed by atoms with van der Waals surface area (Å²) < 4.78 is 26.5. The molecule has 0 radical (unpaired) electrons. The number of anilines is 1. The molecule has 1 aliphatic heterocycles. The van der Waals surface area contributed by atoms with E-state index < -0.39 is 43.0 Å². The van der Waals surface area contributed by atoms with Crippen molar-refractivity contribution in [3.05, 3.63) is 17.6 Å². The minimum absolute atomic E-state index is 0.0235. The third-order valence-electron chi connectivity index (χ3n) is 8.02. The summed E-state index contributed by atoms with van der Waals surface area (Å²) in [6, 6.07) is 0. The van der Waals surface area contributed by atoms with Gasteiger partial charge in [0.15, 0.2) is 6.20 Å². The number of aliphatic hydroxyl groups excluding tert-OH is 2. The lowest BCUT2D eigenvalue weighted by molar-refractivity contribution is -0.151. The molecule has 0 bridgehead atoms. The number of primary amides is 1. The SMILES string of the molecule is [2H]C1(n2cc(C(N)=O)c3c(N)nc(C)nc32)OC(COC(=O)CCOCCCCCCCCCCCCCCCC)C(O)C1O. The minimum Gasteiger partial charge on any atom is -0.463 e. The predicted molar refractivity (Wildman–Crippen MR) is 168 cm³/mol. The summed E-state index contributed by atoms with van der Waals surface area (Å²) >= 11 is 0. The summed E-state index contributed by atoms with van der Waals surface area (Å²) in [6.45, 7) is 4.22. The summed E-state index contributed by atoms with van der Waals surface area (Å²) in [5, 5.41) is 21.5. The van der Waals surface area contributed by atoms with E-state index in [9.17, 15) is 19.8 Å². The maximum Gasteiger partial charge on any atom is 0.308 e.